The molecule has 0 atom stereocenters. The summed E-state index contributed by atoms with van der Waals surface area (Å²) in [5, 5.41) is 0. The second kappa shape index (κ2) is 6.37. The van der Waals surface area contributed by atoms with E-state index >= 15 is 0 Å². The Labute approximate surface area is 120 Å². The van der Waals surface area contributed by atoms with Crippen molar-refractivity contribution in [1.82, 2.24) is 9.97 Å². The van der Waals surface area contributed by atoms with Gasteiger partial charge in [-0.1, -0.05) is 6.92 Å². The van der Waals surface area contributed by atoms with Gasteiger partial charge >= 0.3 is 0 Å². The van der Waals surface area contributed by atoms with Gasteiger partial charge in [0.25, 0.3) is 0 Å². The summed E-state index contributed by atoms with van der Waals surface area (Å²) in [4.78, 5) is 11.0. The van der Waals surface area contributed by atoms with Crippen molar-refractivity contribution in [2.45, 2.75) is 27.2 Å². The molecule has 4 nitrogen and oxygen atoms in total. The fraction of sp³-hybridized carbons (Fsp3) is 0.375. The van der Waals surface area contributed by atoms with Gasteiger partial charge in [-0.15, -0.1) is 0 Å². The Morgan fingerprint density at radius 2 is 1.75 bits per heavy atom. The normalized spacial score (nSPS) is 10.6. The Kier molecular flexibility index (Phi) is 4.56. The third-order valence-corrected chi connectivity index (χ3v) is 3.50. The van der Waals surface area contributed by atoms with Crippen molar-refractivity contribution in [3.63, 3.8) is 0 Å². The molecule has 0 aliphatic carbocycles. The summed E-state index contributed by atoms with van der Waals surface area (Å²) in [5.74, 6) is 0.893. The topological polar surface area (TPSA) is 55.0 Å². The van der Waals surface area contributed by atoms with Crippen LogP contribution in [0.3, 0.4) is 0 Å². The summed E-state index contributed by atoms with van der Waals surface area (Å²) in [6.07, 6.45) is 4.47. The predicted octanol–water partition coefficient (Wildman–Crippen LogP) is 3.13. The highest BCUT2D eigenvalue weighted by Crippen LogP contribution is 2.30. The molecule has 0 radical (unpaired) electrons. The predicted molar refractivity (Wildman–Crippen MR) is 84.8 cm³/mol. The number of hydrogen-bond acceptors (Lipinski definition) is 4. The standard InChI is InChI=1S/C16H22N4/c1-4-15-13(12-7-9-18-10-8-12)11-14(17)16(19-15)20(5-2)6-3/h7-11H,4-6,17H2,1-3H3. The summed E-state index contributed by atoms with van der Waals surface area (Å²) in [5.41, 5.74) is 10.2. The molecular formula is C16H22N4. The third kappa shape index (κ3) is 2.74. The lowest BCUT2D eigenvalue weighted by molar-refractivity contribution is 0.839. The smallest absolute Gasteiger partial charge is 0.152 e. The molecule has 0 saturated carbocycles. The Morgan fingerprint density at radius 1 is 1.10 bits per heavy atom. The molecule has 0 fully saturated rings. The molecule has 0 saturated heterocycles. The zero-order chi connectivity index (χ0) is 14.5. The lowest BCUT2D eigenvalue weighted by Crippen LogP contribution is -2.24. The first kappa shape index (κ1) is 14.3. The van der Waals surface area contributed by atoms with E-state index in [1.165, 1.54) is 0 Å². The maximum absolute atomic E-state index is 6.21. The second-order valence-electron chi connectivity index (χ2n) is 4.66. The van der Waals surface area contributed by atoms with Gasteiger partial charge < -0.3 is 10.6 Å². The van der Waals surface area contributed by atoms with Gasteiger partial charge in [0, 0.05) is 31.0 Å². The number of anilines is 2. The highest BCUT2D eigenvalue weighted by molar-refractivity contribution is 5.75. The minimum absolute atomic E-state index is 0.734. The molecule has 0 spiro atoms. The highest BCUT2D eigenvalue weighted by atomic mass is 15.2. The second-order valence-corrected chi connectivity index (χ2v) is 4.66. The molecule has 0 bridgehead atoms. The average Bonchev–Trinajstić information content (AvgIpc) is 2.50. The molecule has 0 amide bonds. The number of pyridine rings is 2. The van der Waals surface area contributed by atoms with Gasteiger partial charge in [0.1, 0.15) is 0 Å². The van der Waals surface area contributed by atoms with Crippen LogP contribution in [0.25, 0.3) is 11.1 Å². The Bertz CT molecular complexity index is 562. The van der Waals surface area contributed by atoms with Crippen LogP contribution < -0.4 is 10.6 Å². The van der Waals surface area contributed by atoms with E-state index in [0.717, 1.165) is 47.8 Å². The van der Waals surface area contributed by atoms with E-state index < -0.39 is 0 Å². The molecule has 0 unspecified atom stereocenters. The zero-order valence-electron chi connectivity index (χ0n) is 12.4. The van der Waals surface area contributed by atoms with Gasteiger partial charge in [-0.05, 0) is 44.0 Å². The Balaban J connectivity index is 2.53. The number of nitrogens with two attached hydrogens (primary N) is 1. The van der Waals surface area contributed by atoms with Gasteiger partial charge in [0.15, 0.2) is 5.82 Å². The van der Waals surface area contributed by atoms with Gasteiger partial charge in [0.2, 0.25) is 0 Å². The highest BCUT2D eigenvalue weighted by Gasteiger charge is 2.13. The van der Waals surface area contributed by atoms with Gasteiger partial charge in [-0.2, -0.15) is 0 Å². The van der Waals surface area contributed by atoms with Crippen LogP contribution in [0, 0.1) is 0 Å². The summed E-state index contributed by atoms with van der Waals surface area (Å²) in [7, 11) is 0. The first-order chi connectivity index (χ1) is 9.71. The number of nitrogen functional groups attached to an aromatic ring is 1. The van der Waals surface area contributed by atoms with E-state index in [4.69, 9.17) is 10.7 Å². The molecule has 4 heteroatoms. The van der Waals surface area contributed by atoms with Crippen molar-refractivity contribution in [3.05, 3.63) is 36.3 Å². The lowest BCUT2D eigenvalue weighted by atomic mass is 10.0. The molecule has 2 rings (SSSR count). The van der Waals surface area contributed by atoms with E-state index in [2.05, 4.69) is 30.7 Å². The lowest BCUT2D eigenvalue weighted by Gasteiger charge is -2.23. The van der Waals surface area contributed by atoms with Crippen LogP contribution in [0.2, 0.25) is 0 Å². The molecule has 2 heterocycles. The van der Waals surface area contributed by atoms with Gasteiger partial charge in [-0.3, -0.25) is 4.98 Å². The SMILES string of the molecule is CCc1nc(N(CC)CC)c(N)cc1-c1ccncc1. The van der Waals surface area contributed by atoms with E-state index in [-0.39, 0.29) is 0 Å². The molecule has 2 aromatic heterocycles. The van der Waals surface area contributed by atoms with Crippen molar-refractivity contribution in [3.8, 4) is 11.1 Å². The minimum atomic E-state index is 0.734. The maximum atomic E-state index is 6.21. The van der Waals surface area contributed by atoms with Crippen LogP contribution in [0.5, 0.6) is 0 Å². The summed E-state index contributed by atoms with van der Waals surface area (Å²) in [6, 6.07) is 6.02. The number of rotatable bonds is 5. The van der Waals surface area contributed by atoms with Crippen LogP contribution in [-0.2, 0) is 6.42 Å². The Hall–Kier alpha value is -2.10. The number of hydrogen-bond donors (Lipinski definition) is 1. The average molecular weight is 270 g/mol. The number of aryl methyl sites for hydroxylation is 1. The molecule has 0 aliphatic heterocycles. The summed E-state index contributed by atoms with van der Waals surface area (Å²) < 4.78 is 0. The quantitative estimate of drug-likeness (QED) is 0.907. The summed E-state index contributed by atoms with van der Waals surface area (Å²) in [6.45, 7) is 8.17. The fourth-order valence-electron chi connectivity index (χ4n) is 2.38. The molecule has 2 N–H and O–H groups in total. The van der Waals surface area contributed by atoms with Crippen LogP contribution in [-0.4, -0.2) is 23.1 Å². The van der Waals surface area contributed by atoms with E-state index in [1.807, 2.05) is 18.2 Å². The minimum Gasteiger partial charge on any atom is -0.396 e. The van der Waals surface area contributed by atoms with Crippen molar-refractivity contribution in [2.24, 2.45) is 0 Å². The van der Waals surface area contributed by atoms with Crippen LogP contribution in [0.4, 0.5) is 11.5 Å². The largest absolute Gasteiger partial charge is 0.396 e. The van der Waals surface area contributed by atoms with Gasteiger partial charge in [0.05, 0.1) is 11.4 Å². The fourth-order valence-corrected chi connectivity index (χ4v) is 2.38. The van der Waals surface area contributed by atoms with Crippen LogP contribution in [0.1, 0.15) is 26.5 Å². The number of nitrogens with zero attached hydrogens (tertiary/aromatic N) is 3. The first-order valence-electron chi connectivity index (χ1n) is 7.15. The van der Waals surface area contributed by atoms with E-state index in [1.54, 1.807) is 12.4 Å². The summed E-state index contributed by atoms with van der Waals surface area (Å²) >= 11 is 0. The van der Waals surface area contributed by atoms with Crippen molar-refractivity contribution >= 4 is 11.5 Å². The monoisotopic (exact) mass is 270 g/mol. The van der Waals surface area contributed by atoms with Crippen LogP contribution in [0.15, 0.2) is 30.6 Å². The molecule has 0 aliphatic rings. The Morgan fingerprint density at radius 3 is 2.30 bits per heavy atom. The van der Waals surface area contributed by atoms with E-state index in [0.29, 0.717) is 0 Å². The first-order valence-corrected chi connectivity index (χ1v) is 7.15. The molecule has 2 aromatic rings. The molecule has 20 heavy (non-hydrogen) atoms. The molecule has 106 valence electrons. The van der Waals surface area contributed by atoms with Crippen LogP contribution >= 0.6 is 0 Å². The van der Waals surface area contributed by atoms with Gasteiger partial charge in [-0.25, -0.2) is 4.98 Å². The third-order valence-electron chi connectivity index (χ3n) is 3.50. The molecule has 0 aromatic carbocycles. The van der Waals surface area contributed by atoms with E-state index in [9.17, 15) is 0 Å². The van der Waals surface area contributed by atoms with Crippen molar-refractivity contribution in [1.29, 1.82) is 0 Å². The number of aromatic nitrogens is 2. The van der Waals surface area contributed by atoms with Crippen molar-refractivity contribution in [2.75, 3.05) is 23.7 Å². The maximum Gasteiger partial charge on any atom is 0.152 e. The zero-order valence-corrected chi connectivity index (χ0v) is 12.4. The van der Waals surface area contributed by atoms with Crippen molar-refractivity contribution < 1.29 is 0 Å². The molecular weight excluding hydrogens is 248 g/mol.